The Morgan fingerprint density at radius 1 is 1.59 bits per heavy atom. The molecule has 17 heavy (non-hydrogen) atoms. The van der Waals surface area contributed by atoms with E-state index in [0.29, 0.717) is 12.8 Å². The average Bonchev–Trinajstić information content (AvgIpc) is 2.25. The second-order valence-corrected chi connectivity index (χ2v) is 4.74. The monoisotopic (exact) mass is 263 g/mol. The van der Waals surface area contributed by atoms with Crippen molar-refractivity contribution in [1.29, 1.82) is 5.26 Å². The second kappa shape index (κ2) is 5.42. The van der Waals surface area contributed by atoms with E-state index in [1.807, 2.05) is 6.07 Å². The van der Waals surface area contributed by atoms with Gasteiger partial charge in [0, 0.05) is 13.5 Å². The van der Waals surface area contributed by atoms with Gasteiger partial charge < -0.3 is 4.90 Å². The third-order valence-corrected chi connectivity index (χ3v) is 2.76. The van der Waals surface area contributed by atoms with E-state index >= 15 is 0 Å². The highest BCUT2D eigenvalue weighted by Gasteiger charge is 2.30. The van der Waals surface area contributed by atoms with Gasteiger partial charge in [0.2, 0.25) is 5.91 Å². The number of nitrogens with one attached hydrogen (secondary N) is 1. The molecule has 1 amide bonds. The van der Waals surface area contributed by atoms with Gasteiger partial charge in [0.05, 0.1) is 12.1 Å². The largest absolute Gasteiger partial charge is 0.413 e. The Morgan fingerprint density at radius 2 is 2.24 bits per heavy atom. The zero-order chi connectivity index (χ0) is 13.1. The van der Waals surface area contributed by atoms with Crippen molar-refractivity contribution < 1.29 is 22.0 Å². The van der Waals surface area contributed by atoms with Crippen LogP contribution in [0.3, 0.4) is 0 Å². The molecule has 0 aromatic heterocycles. The Labute approximate surface area is 99.1 Å². The molecule has 1 aliphatic heterocycles. The summed E-state index contributed by atoms with van der Waals surface area (Å²) >= 11 is 0. The number of hydrogen-bond acceptors (Lipinski definition) is 6. The van der Waals surface area contributed by atoms with Gasteiger partial charge in [-0.2, -0.15) is 23.4 Å². The van der Waals surface area contributed by atoms with Crippen molar-refractivity contribution in [2.24, 2.45) is 0 Å². The lowest BCUT2D eigenvalue weighted by molar-refractivity contribution is -0.132. The molecule has 8 nitrogen and oxygen atoms in total. The molecule has 96 valence electrons. The van der Waals surface area contributed by atoms with Crippen LogP contribution in [0.1, 0.15) is 19.8 Å². The summed E-state index contributed by atoms with van der Waals surface area (Å²) < 4.78 is 33.1. The van der Waals surface area contributed by atoms with E-state index in [1.165, 1.54) is 11.8 Å². The fraction of sp³-hybridized carbons (Fsp3) is 0.750. The quantitative estimate of drug-likeness (QED) is 0.506. The average molecular weight is 263 g/mol. The summed E-state index contributed by atoms with van der Waals surface area (Å²) in [7, 11) is -4.56. The highest BCUT2D eigenvalue weighted by Crippen LogP contribution is 2.17. The third-order valence-electron chi connectivity index (χ3n) is 2.46. The van der Waals surface area contributed by atoms with E-state index in [-0.39, 0.29) is 12.5 Å². The van der Waals surface area contributed by atoms with Crippen LogP contribution in [0.2, 0.25) is 0 Å². The molecule has 1 unspecified atom stereocenters. The Kier molecular flexibility index (Phi) is 4.41. The normalized spacial score (nSPS) is 25.4. The number of nitriles is 1. The standard InChI is InChI=1S/C8H13N3O5S/c1-6(12)11-5-7(2-3-8(11)4-9)10-16-17(13,14)15/h7-8,10H,2-3,5H2,1H3,(H,13,14,15)/t7?,8-/m0/s1. The zero-order valence-corrected chi connectivity index (χ0v) is 9.98. The van der Waals surface area contributed by atoms with Gasteiger partial charge in [-0.1, -0.05) is 0 Å². The van der Waals surface area contributed by atoms with Gasteiger partial charge in [0.15, 0.2) is 0 Å². The van der Waals surface area contributed by atoms with E-state index < -0.39 is 22.5 Å². The molecule has 0 radical (unpaired) electrons. The third kappa shape index (κ3) is 4.27. The van der Waals surface area contributed by atoms with Crippen LogP contribution in [-0.4, -0.2) is 42.4 Å². The van der Waals surface area contributed by atoms with E-state index in [1.54, 1.807) is 0 Å². The lowest BCUT2D eigenvalue weighted by Gasteiger charge is -2.35. The highest BCUT2D eigenvalue weighted by atomic mass is 32.3. The molecule has 1 rings (SSSR count). The summed E-state index contributed by atoms with van der Waals surface area (Å²) in [4.78, 5) is 12.6. The first-order chi connectivity index (χ1) is 7.83. The molecule has 0 spiro atoms. The van der Waals surface area contributed by atoms with Gasteiger partial charge in [-0.15, -0.1) is 0 Å². The predicted molar refractivity (Wildman–Crippen MR) is 55.6 cm³/mol. The number of nitrogens with zero attached hydrogens (tertiary/aromatic N) is 2. The summed E-state index contributed by atoms with van der Waals surface area (Å²) in [5.74, 6) is -0.269. The smallest absolute Gasteiger partial charge is 0.325 e. The summed E-state index contributed by atoms with van der Waals surface area (Å²) in [6, 6.07) is 1.05. The molecule has 2 atom stereocenters. The Hall–Kier alpha value is -1.21. The number of likely N-dealkylation sites (tertiary alicyclic amines) is 1. The van der Waals surface area contributed by atoms with Crippen molar-refractivity contribution in [3.05, 3.63) is 0 Å². The number of carbonyl (C=O) groups is 1. The van der Waals surface area contributed by atoms with Crippen LogP contribution in [0, 0.1) is 11.3 Å². The molecule has 1 saturated heterocycles. The molecule has 1 heterocycles. The summed E-state index contributed by atoms with van der Waals surface area (Å²) in [5.41, 5.74) is 2.15. The van der Waals surface area contributed by atoms with Crippen LogP contribution >= 0.6 is 0 Å². The first-order valence-corrected chi connectivity index (χ1v) is 6.28. The topological polar surface area (TPSA) is 120 Å². The number of hydroxylamine groups is 1. The van der Waals surface area contributed by atoms with Gasteiger partial charge in [-0.25, -0.2) is 0 Å². The molecular weight excluding hydrogens is 250 g/mol. The van der Waals surface area contributed by atoms with Crippen molar-refractivity contribution in [1.82, 2.24) is 10.4 Å². The summed E-state index contributed by atoms with van der Waals surface area (Å²) in [5, 5.41) is 8.82. The number of carbonyl (C=O) groups excluding carboxylic acids is 1. The second-order valence-electron chi connectivity index (χ2n) is 3.72. The van der Waals surface area contributed by atoms with Crippen molar-refractivity contribution in [3.63, 3.8) is 0 Å². The number of piperidine rings is 1. The van der Waals surface area contributed by atoms with Gasteiger partial charge >= 0.3 is 10.4 Å². The van der Waals surface area contributed by atoms with E-state index in [9.17, 15) is 13.2 Å². The first kappa shape index (κ1) is 13.9. The molecule has 2 N–H and O–H groups in total. The molecule has 0 aromatic rings. The maximum absolute atomic E-state index is 11.3. The van der Waals surface area contributed by atoms with Crippen LogP contribution in [0.25, 0.3) is 0 Å². The Balaban J connectivity index is 2.58. The Morgan fingerprint density at radius 3 is 2.71 bits per heavy atom. The minimum absolute atomic E-state index is 0.156. The van der Waals surface area contributed by atoms with Crippen molar-refractivity contribution >= 4 is 16.3 Å². The first-order valence-electron chi connectivity index (χ1n) is 4.91. The van der Waals surface area contributed by atoms with Crippen molar-refractivity contribution in [3.8, 4) is 6.07 Å². The van der Waals surface area contributed by atoms with Gasteiger partial charge in [-0.3, -0.25) is 9.35 Å². The van der Waals surface area contributed by atoms with Gasteiger partial charge in [0.1, 0.15) is 6.04 Å². The SMILES string of the molecule is CC(=O)N1CC(NOS(=O)(=O)O)CC[C@H]1C#N. The minimum Gasteiger partial charge on any atom is -0.325 e. The summed E-state index contributed by atoms with van der Waals surface area (Å²) in [6.07, 6.45) is 0.889. The minimum atomic E-state index is -4.56. The van der Waals surface area contributed by atoms with Gasteiger partial charge in [-0.05, 0) is 12.8 Å². The fourth-order valence-electron chi connectivity index (χ4n) is 1.68. The highest BCUT2D eigenvalue weighted by molar-refractivity contribution is 7.80. The number of hydrogen-bond donors (Lipinski definition) is 2. The van der Waals surface area contributed by atoms with Crippen molar-refractivity contribution in [2.75, 3.05) is 6.54 Å². The number of amides is 1. The van der Waals surface area contributed by atoms with Crippen LogP contribution in [0.5, 0.6) is 0 Å². The van der Waals surface area contributed by atoms with E-state index in [4.69, 9.17) is 9.81 Å². The van der Waals surface area contributed by atoms with Crippen molar-refractivity contribution in [2.45, 2.75) is 31.8 Å². The Bertz CT molecular complexity index is 429. The predicted octanol–water partition coefficient (Wildman–Crippen LogP) is -0.787. The van der Waals surface area contributed by atoms with Crippen LogP contribution in [0.4, 0.5) is 0 Å². The molecule has 1 aliphatic rings. The molecule has 0 aliphatic carbocycles. The molecule has 1 fully saturated rings. The maximum Gasteiger partial charge on any atom is 0.413 e. The van der Waals surface area contributed by atoms with Crippen LogP contribution in [-0.2, 0) is 19.5 Å². The zero-order valence-electron chi connectivity index (χ0n) is 9.16. The molecule has 0 saturated carbocycles. The molecule has 0 aromatic carbocycles. The fourth-order valence-corrected chi connectivity index (χ4v) is 1.94. The molecule has 9 heteroatoms. The lowest BCUT2D eigenvalue weighted by atomic mass is 10.00. The maximum atomic E-state index is 11.3. The van der Waals surface area contributed by atoms with E-state index in [2.05, 4.69) is 9.76 Å². The van der Waals surface area contributed by atoms with Gasteiger partial charge in [0.25, 0.3) is 0 Å². The molecule has 0 bridgehead atoms. The van der Waals surface area contributed by atoms with Crippen LogP contribution in [0.15, 0.2) is 0 Å². The number of rotatable bonds is 3. The molecular formula is C8H13N3O5S. The van der Waals surface area contributed by atoms with Crippen LogP contribution < -0.4 is 5.48 Å². The summed E-state index contributed by atoms with van der Waals surface area (Å²) in [6.45, 7) is 1.49. The lowest BCUT2D eigenvalue weighted by Crippen LogP contribution is -2.52. The van der Waals surface area contributed by atoms with E-state index in [0.717, 1.165) is 0 Å².